The van der Waals surface area contributed by atoms with Crippen molar-refractivity contribution in [3.8, 4) is 5.75 Å². The Kier molecular flexibility index (Phi) is 8.44. The van der Waals surface area contributed by atoms with Crippen LogP contribution >= 0.6 is 0 Å². The molecule has 1 fully saturated rings. The summed E-state index contributed by atoms with van der Waals surface area (Å²) < 4.78 is 7.07. The standard InChI is InChI=1S/C30H46NO3/c1-21-14-16-31(7,20-21)17-18-34-26-12-10-25(11-13-26)29(33)24(4)23(3)19-27(32)28-22(2)9-8-15-30(28,5)6/h10-13,21,23-24H,8-9,14-20H2,1-7H3/q+1. The van der Waals surface area contributed by atoms with Crippen LogP contribution in [0.2, 0.25) is 0 Å². The summed E-state index contributed by atoms with van der Waals surface area (Å²) in [6.07, 6.45) is 4.95. The Bertz CT molecular complexity index is 913. The number of likely N-dealkylation sites (N-methyl/N-ethyl adjacent to an activating group) is 1. The van der Waals surface area contributed by atoms with Gasteiger partial charge in [-0.2, -0.15) is 0 Å². The van der Waals surface area contributed by atoms with Gasteiger partial charge in [0.05, 0.1) is 20.1 Å². The van der Waals surface area contributed by atoms with Gasteiger partial charge in [-0.1, -0.05) is 40.2 Å². The van der Waals surface area contributed by atoms with Crippen molar-refractivity contribution in [2.75, 3.05) is 33.3 Å². The van der Waals surface area contributed by atoms with Crippen LogP contribution in [0, 0.1) is 23.2 Å². The fourth-order valence-corrected chi connectivity index (χ4v) is 6.10. The third kappa shape index (κ3) is 6.38. The average Bonchev–Trinajstić information content (AvgIpc) is 3.10. The predicted molar refractivity (Wildman–Crippen MR) is 139 cm³/mol. The molecule has 4 atom stereocenters. The molecular weight excluding hydrogens is 422 g/mol. The fourth-order valence-electron chi connectivity index (χ4n) is 6.10. The maximum Gasteiger partial charge on any atom is 0.165 e. The largest absolute Gasteiger partial charge is 0.488 e. The van der Waals surface area contributed by atoms with Crippen LogP contribution in [-0.2, 0) is 4.79 Å². The predicted octanol–water partition coefficient (Wildman–Crippen LogP) is 6.49. The molecule has 0 N–H and O–H groups in total. The van der Waals surface area contributed by atoms with E-state index in [0.29, 0.717) is 18.6 Å². The monoisotopic (exact) mass is 468 g/mol. The van der Waals surface area contributed by atoms with E-state index in [1.54, 1.807) is 0 Å². The van der Waals surface area contributed by atoms with Crippen LogP contribution in [0.25, 0.3) is 0 Å². The van der Waals surface area contributed by atoms with Crippen LogP contribution in [-0.4, -0.2) is 49.3 Å². The van der Waals surface area contributed by atoms with Crippen molar-refractivity contribution in [3.05, 3.63) is 41.0 Å². The highest BCUT2D eigenvalue weighted by Crippen LogP contribution is 2.41. The summed E-state index contributed by atoms with van der Waals surface area (Å²) in [5.41, 5.74) is 2.87. The number of hydrogen-bond acceptors (Lipinski definition) is 3. The molecule has 3 rings (SSSR count). The van der Waals surface area contributed by atoms with Crippen molar-refractivity contribution in [2.45, 2.75) is 73.6 Å². The number of ketones is 2. The molecule has 4 nitrogen and oxygen atoms in total. The lowest BCUT2D eigenvalue weighted by Crippen LogP contribution is -2.44. The van der Waals surface area contributed by atoms with Gasteiger partial charge in [-0.25, -0.2) is 0 Å². The maximum absolute atomic E-state index is 13.2. The maximum atomic E-state index is 13.2. The van der Waals surface area contributed by atoms with E-state index >= 15 is 0 Å². The first kappa shape index (κ1) is 26.7. The molecule has 0 bridgehead atoms. The van der Waals surface area contributed by atoms with Crippen LogP contribution in [0.5, 0.6) is 5.75 Å². The number of carbonyl (C=O) groups excluding carboxylic acids is 2. The molecule has 34 heavy (non-hydrogen) atoms. The van der Waals surface area contributed by atoms with Gasteiger partial charge in [0.15, 0.2) is 11.6 Å². The third-order valence-electron chi connectivity index (χ3n) is 8.46. The normalized spacial score (nSPS) is 26.3. The van der Waals surface area contributed by atoms with Gasteiger partial charge >= 0.3 is 0 Å². The Morgan fingerprint density at radius 3 is 2.44 bits per heavy atom. The number of allylic oxidation sites excluding steroid dienone is 2. The number of hydrogen-bond donors (Lipinski definition) is 0. The molecule has 4 heteroatoms. The van der Waals surface area contributed by atoms with Gasteiger partial charge in [-0.3, -0.25) is 9.59 Å². The molecule has 0 aromatic heterocycles. The van der Waals surface area contributed by atoms with Gasteiger partial charge in [0.1, 0.15) is 18.9 Å². The van der Waals surface area contributed by atoms with Crippen molar-refractivity contribution >= 4 is 11.6 Å². The van der Waals surface area contributed by atoms with Gasteiger partial charge in [-0.05, 0) is 67.4 Å². The second-order valence-corrected chi connectivity index (χ2v) is 12.2. The molecular formula is C30H46NO3+. The minimum Gasteiger partial charge on any atom is -0.488 e. The highest BCUT2D eigenvalue weighted by atomic mass is 16.5. The Balaban J connectivity index is 1.54. The number of rotatable bonds is 10. The van der Waals surface area contributed by atoms with Crippen LogP contribution in [0.4, 0.5) is 0 Å². The first-order chi connectivity index (χ1) is 15.9. The molecule has 1 heterocycles. The van der Waals surface area contributed by atoms with Crippen LogP contribution < -0.4 is 4.74 Å². The van der Waals surface area contributed by atoms with Gasteiger partial charge in [-0.15, -0.1) is 0 Å². The Morgan fingerprint density at radius 2 is 1.85 bits per heavy atom. The molecule has 2 aliphatic rings. The van der Waals surface area contributed by atoms with E-state index in [4.69, 9.17) is 4.74 Å². The van der Waals surface area contributed by atoms with Gasteiger partial charge in [0, 0.05) is 30.2 Å². The minimum absolute atomic E-state index is 0.00117. The lowest BCUT2D eigenvalue weighted by molar-refractivity contribution is -0.899. The summed E-state index contributed by atoms with van der Waals surface area (Å²) in [5, 5.41) is 0. The Labute approximate surface area is 207 Å². The van der Waals surface area contributed by atoms with Gasteiger partial charge < -0.3 is 9.22 Å². The first-order valence-electron chi connectivity index (χ1n) is 13.3. The number of likely N-dealkylation sites (tertiary alicyclic amines) is 1. The molecule has 0 saturated carbocycles. The molecule has 4 unspecified atom stereocenters. The van der Waals surface area contributed by atoms with E-state index in [1.165, 1.54) is 25.1 Å². The van der Waals surface area contributed by atoms with Gasteiger partial charge in [0.2, 0.25) is 0 Å². The van der Waals surface area contributed by atoms with Crippen molar-refractivity contribution in [1.29, 1.82) is 0 Å². The Hall–Kier alpha value is -1.94. The van der Waals surface area contributed by atoms with Crippen molar-refractivity contribution < 1.29 is 18.8 Å². The molecule has 1 aromatic rings. The van der Waals surface area contributed by atoms with E-state index in [1.807, 2.05) is 38.1 Å². The topological polar surface area (TPSA) is 43.4 Å². The molecule has 0 amide bonds. The summed E-state index contributed by atoms with van der Waals surface area (Å²) >= 11 is 0. The smallest absolute Gasteiger partial charge is 0.165 e. The van der Waals surface area contributed by atoms with E-state index in [0.717, 1.165) is 47.5 Å². The summed E-state index contributed by atoms with van der Waals surface area (Å²) in [4.78, 5) is 26.3. The van der Waals surface area contributed by atoms with Crippen LogP contribution in [0.3, 0.4) is 0 Å². The lowest BCUT2D eigenvalue weighted by Gasteiger charge is -2.34. The zero-order chi connectivity index (χ0) is 25.1. The van der Waals surface area contributed by atoms with Crippen molar-refractivity contribution in [3.63, 3.8) is 0 Å². The zero-order valence-electron chi connectivity index (χ0n) is 22.6. The molecule has 188 valence electrons. The molecule has 0 radical (unpaired) electrons. The summed E-state index contributed by atoms with van der Waals surface area (Å²) in [6.45, 7) is 16.9. The summed E-state index contributed by atoms with van der Waals surface area (Å²) in [6, 6.07) is 7.55. The molecule has 0 spiro atoms. The van der Waals surface area contributed by atoms with E-state index in [-0.39, 0.29) is 28.8 Å². The van der Waals surface area contributed by atoms with E-state index in [9.17, 15) is 9.59 Å². The number of Topliss-reactive ketones (excluding diaryl/α,β-unsaturated/α-hetero) is 2. The third-order valence-corrected chi connectivity index (χ3v) is 8.46. The second-order valence-electron chi connectivity index (χ2n) is 12.2. The number of nitrogens with zero attached hydrogens (tertiary/aromatic N) is 1. The minimum atomic E-state index is -0.204. The molecule has 1 aliphatic carbocycles. The SMILES string of the molecule is CC1=C(C(=O)CC(C)C(C)C(=O)c2ccc(OCC[N+]3(C)CCC(C)C3)cc2)C(C)(C)CCC1. The quantitative estimate of drug-likeness (QED) is 0.291. The second kappa shape index (κ2) is 10.8. The van der Waals surface area contributed by atoms with Gasteiger partial charge in [0.25, 0.3) is 0 Å². The number of benzene rings is 1. The van der Waals surface area contributed by atoms with Crippen molar-refractivity contribution in [2.24, 2.45) is 23.2 Å². The highest BCUT2D eigenvalue weighted by Gasteiger charge is 2.35. The average molecular weight is 469 g/mol. The zero-order valence-corrected chi connectivity index (χ0v) is 22.6. The van der Waals surface area contributed by atoms with Crippen LogP contribution in [0.1, 0.15) is 84.0 Å². The fraction of sp³-hybridized carbons (Fsp3) is 0.667. The molecule has 1 aliphatic heterocycles. The number of carbonyl (C=O) groups is 2. The Morgan fingerprint density at radius 1 is 1.18 bits per heavy atom. The molecule has 1 saturated heterocycles. The highest BCUT2D eigenvalue weighted by molar-refractivity contribution is 6.00. The number of quaternary nitrogens is 1. The van der Waals surface area contributed by atoms with E-state index in [2.05, 4.69) is 34.7 Å². The first-order valence-corrected chi connectivity index (χ1v) is 13.3. The van der Waals surface area contributed by atoms with Crippen molar-refractivity contribution in [1.82, 2.24) is 0 Å². The van der Waals surface area contributed by atoms with Crippen LogP contribution in [0.15, 0.2) is 35.4 Å². The molecule has 1 aromatic carbocycles. The lowest BCUT2D eigenvalue weighted by atomic mass is 9.69. The number of ether oxygens (including phenoxy) is 1. The summed E-state index contributed by atoms with van der Waals surface area (Å²) in [5.74, 6) is 1.73. The van der Waals surface area contributed by atoms with E-state index < -0.39 is 0 Å². The summed E-state index contributed by atoms with van der Waals surface area (Å²) in [7, 11) is 2.31.